The van der Waals surface area contributed by atoms with Crippen molar-refractivity contribution in [1.82, 2.24) is 5.32 Å². The number of amides is 1. The zero-order chi connectivity index (χ0) is 31.2. The van der Waals surface area contributed by atoms with Gasteiger partial charge in [0.15, 0.2) is 6.61 Å². The Morgan fingerprint density at radius 1 is 0.951 bits per heavy atom. The Hall–Kier alpha value is -2.00. The average molecular weight is 598 g/mol. The van der Waals surface area contributed by atoms with Crippen molar-refractivity contribution in [3.63, 3.8) is 0 Å². The van der Waals surface area contributed by atoms with Gasteiger partial charge in [-0.1, -0.05) is 72.2 Å². The Morgan fingerprint density at radius 3 is 2.02 bits per heavy atom. The molecule has 0 aliphatic heterocycles. The first-order valence-electron chi connectivity index (χ1n) is 15.2. The largest absolute Gasteiger partial charge is 0.459 e. The number of esters is 1. The molecule has 9 heteroatoms. The molecular formula is C32H53F2NO5Si. The molecular weight excluding hydrogens is 544 g/mol. The number of carbonyl (C=O) groups is 2. The summed E-state index contributed by atoms with van der Waals surface area (Å²) < 4.78 is 45.4. The van der Waals surface area contributed by atoms with E-state index < -0.39 is 51.0 Å². The van der Waals surface area contributed by atoms with E-state index in [1.807, 2.05) is 29.6 Å². The molecule has 1 fully saturated rings. The molecule has 0 spiro atoms. The Bertz CT molecular complexity index is 969. The van der Waals surface area contributed by atoms with Crippen molar-refractivity contribution in [3.05, 3.63) is 35.4 Å². The monoisotopic (exact) mass is 597 g/mol. The molecule has 0 heterocycles. The highest BCUT2D eigenvalue weighted by Gasteiger charge is 2.48. The summed E-state index contributed by atoms with van der Waals surface area (Å²) in [5, 5.41) is 2.02. The van der Waals surface area contributed by atoms with Gasteiger partial charge in [-0.25, -0.2) is 13.6 Å². The number of hydrogen-bond donors (Lipinski definition) is 1. The maximum Gasteiger partial charge on any atom is 0.407 e. The molecule has 1 amide bonds. The third kappa shape index (κ3) is 10.0. The van der Waals surface area contributed by atoms with Gasteiger partial charge in [0.25, 0.3) is 5.92 Å². The normalized spacial score (nSPS) is 19.1. The van der Waals surface area contributed by atoms with Crippen LogP contribution in [0.3, 0.4) is 0 Å². The van der Waals surface area contributed by atoms with Crippen molar-refractivity contribution in [3.8, 4) is 0 Å². The molecule has 2 rings (SSSR count). The molecule has 1 aliphatic carbocycles. The number of benzene rings is 1. The molecule has 1 aromatic carbocycles. The topological polar surface area (TPSA) is 73.9 Å². The smallest absolute Gasteiger partial charge is 0.407 e. The summed E-state index contributed by atoms with van der Waals surface area (Å²) >= 11 is 0. The lowest BCUT2D eigenvalue weighted by Gasteiger charge is -2.45. The van der Waals surface area contributed by atoms with E-state index >= 15 is 0 Å². The van der Waals surface area contributed by atoms with Crippen LogP contribution in [0.2, 0.25) is 16.6 Å². The number of nitrogens with one attached hydrogen (secondary N) is 1. The lowest BCUT2D eigenvalue weighted by Crippen LogP contribution is -2.50. The summed E-state index contributed by atoms with van der Waals surface area (Å²) in [5.41, 5.74) is 2.73. The van der Waals surface area contributed by atoms with Crippen LogP contribution in [0.4, 0.5) is 13.6 Å². The summed E-state index contributed by atoms with van der Waals surface area (Å²) in [7, 11) is -1.96. The van der Waals surface area contributed by atoms with Gasteiger partial charge in [-0.2, -0.15) is 0 Å². The van der Waals surface area contributed by atoms with Crippen molar-refractivity contribution in [1.29, 1.82) is 0 Å². The lowest BCUT2D eigenvalue weighted by molar-refractivity contribution is -0.156. The third-order valence-corrected chi connectivity index (χ3v) is 14.4. The van der Waals surface area contributed by atoms with Crippen LogP contribution in [0.1, 0.15) is 106 Å². The number of rotatable bonds is 13. The second-order valence-electron chi connectivity index (χ2n) is 13.7. The predicted octanol–water partition coefficient (Wildman–Crippen LogP) is 8.40. The Kier molecular flexibility index (Phi) is 12.4. The number of ether oxygens (including phenoxy) is 2. The van der Waals surface area contributed by atoms with Crippen molar-refractivity contribution >= 4 is 20.4 Å². The van der Waals surface area contributed by atoms with Crippen LogP contribution in [0.5, 0.6) is 0 Å². The van der Waals surface area contributed by atoms with Gasteiger partial charge in [0, 0.05) is 6.10 Å². The molecule has 0 aromatic heterocycles. The standard InChI is InChI=1S/C32H53F2NO5Si/c1-21(2)41(22(3)4,23(5)6)40-28-13-11-12-27(28)18-25-14-16-26(17-15-25)24(7)29(36)38-20-32(33,34)19-35-30(37)39-31(8,9)10/h14-17,21-24,27-28H,11-13,18-20H2,1-10H3,(H,35,37)/t24?,27-,28+/m1/s1. The highest BCUT2D eigenvalue weighted by atomic mass is 28.4. The minimum Gasteiger partial charge on any atom is -0.459 e. The molecule has 1 N–H and O–H groups in total. The molecule has 1 aliphatic rings. The van der Waals surface area contributed by atoms with Crippen molar-refractivity contribution in [2.24, 2.45) is 5.92 Å². The average Bonchev–Trinajstić information content (AvgIpc) is 3.29. The van der Waals surface area contributed by atoms with E-state index in [1.54, 1.807) is 27.7 Å². The van der Waals surface area contributed by atoms with Crippen LogP contribution < -0.4 is 5.32 Å². The van der Waals surface area contributed by atoms with Crippen molar-refractivity contribution in [2.45, 2.75) is 135 Å². The maximum absolute atomic E-state index is 14.2. The summed E-state index contributed by atoms with van der Waals surface area (Å²) in [6.45, 7) is 18.4. The Morgan fingerprint density at radius 2 is 1.51 bits per heavy atom. The Balaban J connectivity index is 1.95. The van der Waals surface area contributed by atoms with E-state index in [9.17, 15) is 18.4 Å². The molecule has 234 valence electrons. The van der Waals surface area contributed by atoms with Crippen LogP contribution in [0.25, 0.3) is 0 Å². The fourth-order valence-electron chi connectivity index (χ4n) is 6.31. The van der Waals surface area contributed by atoms with E-state index in [1.165, 1.54) is 12.0 Å². The molecule has 1 aromatic rings. The van der Waals surface area contributed by atoms with Gasteiger partial charge in [0.2, 0.25) is 8.32 Å². The van der Waals surface area contributed by atoms with E-state index in [0.717, 1.165) is 19.3 Å². The molecule has 0 bridgehead atoms. The molecule has 1 unspecified atom stereocenters. The zero-order valence-electron chi connectivity index (χ0n) is 26.8. The number of alkyl carbamates (subject to hydrolysis) is 1. The third-order valence-electron chi connectivity index (χ3n) is 8.30. The van der Waals surface area contributed by atoms with Crippen molar-refractivity contribution in [2.75, 3.05) is 13.2 Å². The van der Waals surface area contributed by atoms with Gasteiger partial charge in [-0.3, -0.25) is 4.79 Å². The van der Waals surface area contributed by atoms with Gasteiger partial charge in [0.1, 0.15) is 5.60 Å². The molecule has 1 saturated carbocycles. The first kappa shape index (κ1) is 35.2. The van der Waals surface area contributed by atoms with Gasteiger partial charge in [-0.15, -0.1) is 0 Å². The summed E-state index contributed by atoms with van der Waals surface area (Å²) in [6.07, 6.45) is 3.66. The van der Waals surface area contributed by atoms with Gasteiger partial charge in [0.05, 0.1) is 12.5 Å². The number of halogens is 2. The van der Waals surface area contributed by atoms with Gasteiger partial charge in [-0.05, 0) is 80.6 Å². The lowest BCUT2D eigenvalue weighted by atomic mass is 9.93. The fraction of sp³-hybridized carbons (Fsp3) is 0.750. The summed E-state index contributed by atoms with van der Waals surface area (Å²) in [4.78, 5) is 24.2. The van der Waals surface area contributed by atoms with Crippen LogP contribution in [0, 0.1) is 5.92 Å². The number of alkyl halides is 2. The Labute approximate surface area is 247 Å². The van der Waals surface area contributed by atoms with Gasteiger partial charge < -0.3 is 19.2 Å². The summed E-state index contributed by atoms with van der Waals surface area (Å²) in [6, 6.07) is 7.80. The van der Waals surface area contributed by atoms with E-state index in [-0.39, 0.29) is 6.10 Å². The summed E-state index contributed by atoms with van der Waals surface area (Å²) in [5.74, 6) is -4.40. The van der Waals surface area contributed by atoms with Crippen molar-refractivity contribution < 1.29 is 32.3 Å². The minimum atomic E-state index is -3.42. The first-order chi connectivity index (χ1) is 18.9. The number of hydrogen-bond acceptors (Lipinski definition) is 5. The van der Waals surface area contributed by atoms with Crippen LogP contribution in [0.15, 0.2) is 24.3 Å². The quantitative estimate of drug-likeness (QED) is 0.183. The molecule has 0 radical (unpaired) electrons. The predicted molar refractivity (Wildman–Crippen MR) is 162 cm³/mol. The molecule has 6 nitrogen and oxygen atoms in total. The maximum atomic E-state index is 14.2. The van der Waals surface area contributed by atoms with E-state index in [4.69, 9.17) is 13.9 Å². The highest BCUT2D eigenvalue weighted by Crippen LogP contribution is 2.46. The zero-order valence-corrected chi connectivity index (χ0v) is 27.8. The van der Waals surface area contributed by atoms with Crippen LogP contribution in [-0.4, -0.2) is 51.2 Å². The second kappa shape index (κ2) is 14.4. The second-order valence-corrected chi connectivity index (χ2v) is 19.1. The van der Waals surface area contributed by atoms with Gasteiger partial charge >= 0.3 is 12.1 Å². The fourth-order valence-corrected chi connectivity index (χ4v) is 12.0. The number of carbonyl (C=O) groups excluding carboxylic acids is 2. The van der Waals surface area contributed by atoms with Crippen LogP contribution >= 0.6 is 0 Å². The molecule has 0 saturated heterocycles. The van der Waals surface area contributed by atoms with E-state index in [2.05, 4.69) is 41.5 Å². The van der Waals surface area contributed by atoms with E-state index in [0.29, 0.717) is 28.1 Å². The van der Waals surface area contributed by atoms with Crippen LogP contribution in [-0.2, 0) is 25.1 Å². The molecule has 3 atom stereocenters. The SMILES string of the molecule is CC(C(=O)OCC(F)(F)CNC(=O)OC(C)(C)C)c1ccc(C[C@H]2CCC[C@@H]2O[Si](C(C)C)(C(C)C)C(C)C)cc1. The molecule has 41 heavy (non-hydrogen) atoms. The minimum absolute atomic E-state index is 0.272. The first-order valence-corrected chi connectivity index (χ1v) is 17.3. The highest BCUT2D eigenvalue weighted by molar-refractivity contribution is 6.77.